The summed E-state index contributed by atoms with van der Waals surface area (Å²) in [5.74, 6) is -0.0717. The van der Waals surface area contributed by atoms with Gasteiger partial charge in [-0.1, -0.05) is 30.3 Å². The fourth-order valence-electron chi connectivity index (χ4n) is 1.79. The maximum Gasteiger partial charge on any atom is 0.223 e. The predicted molar refractivity (Wildman–Crippen MR) is 52.6 cm³/mol. The predicted octanol–water partition coefficient (Wildman–Crippen LogP) is 0.999. The molecule has 2 N–H and O–H groups in total. The van der Waals surface area contributed by atoms with Gasteiger partial charge in [-0.3, -0.25) is 4.79 Å². The second kappa shape index (κ2) is 3.80. The van der Waals surface area contributed by atoms with E-state index in [9.17, 15) is 9.90 Å². The summed E-state index contributed by atoms with van der Waals surface area (Å²) in [5, 5.41) is 12.3. The Balaban J connectivity index is 2.15. The third-order valence-corrected chi connectivity index (χ3v) is 2.47. The van der Waals surface area contributed by atoms with Crippen LogP contribution in [-0.2, 0) is 4.79 Å². The third kappa shape index (κ3) is 1.93. The van der Waals surface area contributed by atoms with Crippen molar-refractivity contribution in [3.05, 3.63) is 35.9 Å². The van der Waals surface area contributed by atoms with Crippen molar-refractivity contribution >= 4 is 5.91 Å². The first-order valence-corrected chi connectivity index (χ1v) is 4.78. The lowest BCUT2D eigenvalue weighted by molar-refractivity contribution is -0.126. The van der Waals surface area contributed by atoms with Gasteiger partial charge in [-0.05, 0) is 12.0 Å². The first-order chi connectivity index (χ1) is 6.75. The summed E-state index contributed by atoms with van der Waals surface area (Å²) >= 11 is 0. The van der Waals surface area contributed by atoms with Crippen LogP contribution >= 0.6 is 0 Å². The minimum absolute atomic E-state index is 0.0348. The standard InChI is InChI=1S/C11H13NO2/c13-9-6-10(12-11(14)7-9)8-4-2-1-3-5-8/h1-5,9-10,13H,6-7H2,(H,12,14)/t9-,10+/m0/s1. The molecule has 3 heteroatoms. The fourth-order valence-corrected chi connectivity index (χ4v) is 1.79. The van der Waals surface area contributed by atoms with E-state index < -0.39 is 6.10 Å². The Bertz CT molecular complexity index is 323. The van der Waals surface area contributed by atoms with Crippen molar-refractivity contribution in [1.29, 1.82) is 0 Å². The van der Waals surface area contributed by atoms with Crippen LogP contribution in [-0.4, -0.2) is 17.1 Å². The topological polar surface area (TPSA) is 49.3 Å². The van der Waals surface area contributed by atoms with Crippen molar-refractivity contribution in [2.75, 3.05) is 0 Å². The number of carbonyl (C=O) groups excluding carboxylic acids is 1. The van der Waals surface area contributed by atoms with Crippen LogP contribution in [0.2, 0.25) is 0 Å². The zero-order chi connectivity index (χ0) is 9.97. The van der Waals surface area contributed by atoms with Gasteiger partial charge in [0.1, 0.15) is 0 Å². The summed E-state index contributed by atoms with van der Waals surface area (Å²) in [6.07, 6.45) is 0.327. The highest BCUT2D eigenvalue weighted by atomic mass is 16.3. The van der Waals surface area contributed by atoms with Crippen molar-refractivity contribution in [1.82, 2.24) is 5.32 Å². The Hall–Kier alpha value is -1.35. The SMILES string of the molecule is O=C1C[C@@H](O)C[C@H](c2ccccc2)N1. The van der Waals surface area contributed by atoms with Gasteiger partial charge < -0.3 is 10.4 Å². The van der Waals surface area contributed by atoms with Gasteiger partial charge in [0, 0.05) is 0 Å². The number of aliphatic hydroxyl groups excluding tert-OH is 1. The Morgan fingerprint density at radius 2 is 2.00 bits per heavy atom. The molecule has 0 bridgehead atoms. The normalized spacial score (nSPS) is 27.1. The lowest BCUT2D eigenvalue weighted by Crippen LogP contribution is -2.38. The van der Waals surface area contributed by atoms with Crippen LogP contribution < -0.4 is 5.32 Å². The third-order valence-electron chi connectivity index (χ3n) is 2.47. The molecule has 0 saturated carbocycles. The minimum atomic E-state index is -0.506. The second-order valence-electron chi connectivity index (χ2n) is 3.62. The lowest BCUT2D eigenvalue weighted by atomic mass is 9.95. The fraction of sp³-hybridized carbons (Fsp3) is 0.364. The van der Waals surface area contributed by atoms with Gasteiger partial charge >= 0.3 is 0 Å². The molecule has 0 aliphatic carbocycles. The molecule has 74 valence electrons. The highest BCUT2D eigenvalue weighted by molar-refractivity contribution is 5.77. The summed E-state index contributed by atoms with van der Waals surface area (Å²) in [6, 6.07) is 9.69. The Labute approximate surface area is 82.8 Å². The van der Waals surface area contributed by atoms with Crippen molar-refractivity contribution in [3.63, 3.8) is 0 Å². The van der Waals surface area contributed by atoms with Crippen molar-refractivity contribution in [3.8, 4) is 0 Å². The number of rotatable bonds is 1. The molecule has 0 radical (unpaired) electrons. The molecule has 1 saturated heterocycles. The number of aliphatic hydroxyl groups is 1. The number of carbonyl (C=O) groups is 1. The molecule has 1 aromatic rings. The molecule has 0 aromatic heterocycles. The summed E-state index contributed by atoms with van der Waals surface area (Å²) < 4.78 is 0. The number of hydrogen-bond acceptors (Lipinski definition) is 2. The Kier molecular flexibility index (Phi) is 2.50. The van der Waals surface area contributed by atoms with E-state index in [2.05, 4.69) is 5.32 Å². The smallest absolute Gasteiger partial charge is 0.223 e. The van der Waals surface area contributed by atoms with Crippen molar-refractivity contribution in [2.45, 2.75) is 25.0 Å². The van der Waals surface area contributed by atoms with Crippen LogP contribution in [0.5, 0.6) is 0 Å². The van der Waals surface area contributed by atoms with E-state index in [1.807, 2.05) is 30.3 Å². The van der Waals surface area contributed by atoms with Gasteiger partial charge in [-0.15, -0.1) is 0 Å². The van der Waals surface area contributed by atoms with Crippen LogP contribution in [0.4, 0.5) is 0 Å². The summed E-state index contributed by atoms with van der Waals surface area (Å²) in [4.78, 5) is 11.2. The summed E-state index contributed by atoms with van der Waals surface area (Å²) in [7, 11) is 0. The van der Waals surface area contributed by atoms with E-state index in [1.54, 1.807) is 0 Å². The number of benzene rings is 1. The molecule has 1 aliphatic heterocycles. The van der Waals surface area contributed by atoms with Crippen molar-refractivity contribution in [2.24, 2.45) is 0 Å². The minimum Gasteiger partial charge on any atom is -0.392 e. The van der Waals surface area contributed by atoms with Gasteiger partial charge in [-0.2, -0.15) is 0 Å². The quantitative estimate of drug-likeness (QED) is 0.695. The number of amides is 1. The molecule has 0 spiro atoms. The van der Waals surface area contributed by atoms with E-state index >= 15 is 0 Å². The maximum absolute atomic E-state index is 11.2. The number of piperidine rings is 1. The molecule has 2 rings (SSSR count). The molecule has 0 unspecified atom stereocenters. The van der Waals surface area contributed by atoms with E-state index in [-0.39, 0.29) is 18.4 Å². The van der Waals surface area contributed by atoms with E-state index in [0.717, 1.165) is 5.56 Å². The van der Waals surface area contributed by atoms with Gasteiger partial charge in [0.2, 0.25) is 5.91 Å². The molecule has 3 nitrogen and oxygen atoms in total. The Morgan fingerprint density at radius 3 is 2.64 bits per heavy atom. The molecular weight excluding hydrogens is 178 g/mol. The van der Waals surface area contributed by atoms with Gasteiger partial charge in [-0.25, -0.2) is 0 Å². The zero-order valence-corrected chi connectivity index (χ0v) is 7.81. The maximum atomic E-state index is 11.2. The molecular formula is C11H13NO2. The van der Waals surface area contributed by atoms with Crippen LogP contribution in [0.3, 0.4) is 0 Å². The van der Waals surface area contributed by atoms with E-state index in [4.69, 9.17) is 0 Å². The molecule has 1 amide bonds. The van der Waals surface area contributed by atoms with Crippen LogP contribution in [0.1, 0.15) is 24.4 Å². The summed E-state index contributed by atoms with van der Waals surface area (Å²) in [5.41, 5.74) is 1.06. The number of hydrogen-bond donors (Lipinski definition) is 2. The molecule has 1 fully saturated rings. The average molecular weight is 191 g/mol. The van der Waals surface area contributed by atoms with Crippen LogP contribution in [0.15, 0.2) is 30.3 Å². The highest BCUT2D eigenvalue weighted by Crippen LogP contribution is 2.23. The molecule has 1 aliphatic rings. The van der Waals surface area contributed by atoms with Gasteiger partial charge in [0.25, 0.3) is 0 Å². The molecule has 14 heavy (non-hydrogen) atoms. The molecule has 1 heterocycles. The molecule has 1 aromatic carbocycles. The van der Waals surface area contributed by atoms with E-state index in [0.29, 0.717) is 6.42 Å². The van der Waals surface area contributed by atoms with Crippen molar-refractivity contribution < 1.29 is 9.90 Å². The first-order valence-electron chi connectivity index (χ1n) is 4.78. The van der Waals surface area contributed by atoms with Crippen LogP contribution in [0.25, 0.3) is 0 Å². The number of nitrogens with one attached hydrogen (secondary N) is 1. The van der Waals surface area contributed by atoms with Gasteiger partial charge in [0.05, 0.1) is 18.6 Å². The van der Waals surface area contributed by atoms with E-state index in [1.165, 1.54) is 0 Å². The summed E-state index contributed by atoms with van der Waals surface area (Å²) in [6.45, 7) is 0. The first kappa shape index (κ1) is 9.21. The average Bonchev–Trinajstić information content (AvgIpc) is 2.18. The second-order valence-corrected chi connectivity index (χ2v) is 3.62. The lowest BCUT2D eigenvalue weighted by Gasteiger charge is -2.27. The molecule has 2 atom stereocenters. The largest absolute Gasteiger partial charge is 0.392 e. The zero-order valence-electron chi connectivity index (χ0n) is 7.81. The monoisotopic (exact) mass is 191 g/mol. The highest BCUT2D eigenvalue weighted by Gasteiger charge is 2.25. The van der Waals surface area contributed by atoms with Gasteiger partial charge in [0.15, 0.2) is 0 Å². The van der Waals surface area contributed by atoms with Crippen LogP contribution in [0, 0.1) is 0 Å². The Morgan fingerprint density at radius 1 is 1.29 bits per heavy atom.